The van der Waals surface area contributed by atoms with Crippen molar-refractivity contribution >= 4 is 19.7 Å². The van der Waals surface area contributed by atoms with E-state index in [1.165, 1.54) is 244 Å². The minimum Gasteiger partial charge on any atom is -0.756 e. The maximum Gasteiger partial charge on any atom is 0.306 e. The van der Waals surface area contributed by atoms with E-state index in [2.05, 4.69) is 50.4 Å². The molecule has 3 unspecified atom stereocenters. The van der Waals surface area contributed by atoms with Crippen LogP contribution in [-0.2, 0) is 27.9 Å². The molecule has 79 heavy (non-hydrogen) atoms. The zero-order valence-electron chi connectivity index (χ0n) is 53.3. The second-order valence-corrected chi connectivity index (χ2v) is 26.1. The molecule has 466 valence electrons. The normalized spacial score (nSPS) is 13.8. The highest BCUT2D eigenvalue weighted by atomic mass is 31.2. The number of likely N-dealkylation sites (N-methyl/N-ethyl adjacent to an activating group) is 1. The second-order valence-electron chi connectivity index (χ2n) is 24.7. The maximum atomic E-state index is 13.6. The van der Waals surface area contributed by atoms with Gasteiger partial charge < -0.3 is 28.5 Å². The third-order valence-corrected chi connectivity index (χ3v) is 16.5. The Kier molecular flexibility index (Phi) is 58.1. The van der Waals surface area contributed by atoms with Crippen LogP contribution in [0.25, 0.3) is 0 Å². The Morgan fingerprint density at radius 1 is 0.443 bits per heavy atom. The quantitative estimate of drug-likeness (QED) is 0.0212. The number of carbonyl (C=O) groups is 2. The van der Waals surface area contributed by atoms with Gasteiger partial charge in [0.1, 0.15) is 19.3 Å². The molecule has 3 atom stereocenters. The highest BCUT2D eigenvalue weighted by molar-refractivity contribution is 7.45. The molecule has 0 aliphatic rings. The van der Waals surface area contributed by atoms with E-state index in [0.29, 0.717) is 17.4 Å². The van der Waals surface area contributed by atoms with Crippen LogP contribution in [0.1, 0.15) is 342 Å². The molecule has 0 fully saturated rings. The van der Waals surface area contributed by atoms with Crippen molar-refractivity contribution < 1.29 is 37.3 Å². The summed E-state index contributed by atoms with van der Waals surface area (Å²) in [7, 11) is 1.20. The lowest BCUT2D eigenvalue weighted by Crippen LogP contribution is -2.47. The summed E-state index contributed by atoms with van der Waals surface area (Å²) in [4.78, 5) is 40.1. The Morgan fingerprint density at radius 3 is 1.16 bits per heavy atom. The van der Waals surface area contributed by atoms with Gasteiger partial charge in [-0.3, -0.25) is 14.2 Å². The van der Waals surface area contributed by atoms with Crippen LogP contribution in [0.3, 0.4) is 0 Å². The average molecular weight is 1130 g/mol. The fourth-order valence-corrected chi connectivity index (χ4v) is 11.0. The molecule has 0 aliphatic carbocycles. The SMILES string of the molecule is CCCCC/C=C\C/C=C\CCCCCCCCCCCCCCCCCC(=O)OC(/C=C/CCCCCCCCCCC)C(COP(=O)([O-])OCC[N+](C)(C)C)NC(=O)CCCCCCCCCCCCCCCCCCC. The first kappa shape index (κ1) is 77.2. The lowest BCUT2D eigenvalue weighted by atomic mass is 10.0. The van der Waals surface area contributed by atoms with Gasteiger partial charge in [-0.15, -0.1) is 0 Å². The van der Waals surface area contributed by atoms with Gasteiger partial charge in [0.15, 0.2) is 0 Å². The summed E-state index contributed by atoms with van der Waals surface area (Å²) >= 11 is 0. The van der Waals surface area contributed by atoms with E-state index < -0.39 is 20.0 Å². The van der Waals surface area contributed by atoms with E-state index in [1.807, 2.05) is 33.3 Å². The van der Waals surface area contributed by atoms with E-state index in [-0.39, 0.29) is 31.5 Å². The molecule has 0 rings (SSSR count). The smallest absolute Gasteiger partial charge is 0.306 e. The molecular weight excluding hydrogens is 1000 g/mol. The van der Waals surface area contributed by atoms with Gasteiger partial charge >= 0.3 is 5.97 Å². The molecule has 0 aromatic rings. The van der Waals surface area contributed by atoms with Gasteiger partial charge in [0.2, 0.25) is 5.91 Å². The van der Waals surface area contributed by atoms with Crippen molar-refractivity contribution in [2.24, 2.45) is 0 Å². The first-order valence-electron chi connectivity index (χ1n) is 34.3. The van der Waals surface area contributed by atoms with Crippen molar-refractivity contribution in [1.29, 1.82) is 0 Å². The number of ether oxygens (including phenoxy) is 1. The van der Waals surface area contributed by atoms with Crippen LogP contribution in [0.2, 0.25) is 0 Å². The first-order valence-corrected chi connectivity index (χ1v) is 35.8. The summed E-state index contributed by atoms with van der Waals surface area (Å²) in [5.74, 6) is -0.523. The lowest BCUT2D eigenvalue weighted by molar-refractivity contribution is -0.870. The molecule has 1 N–H and O–H groups in total. The molecule has 0 aromatic carbocycles. The summed E-state index contributed by atoms with van der Waals surface area (Å²) in [6.07, 6.45) is 72.6. The summed E-state index contributed by atoms with van der Waals surface area (Å²) in [6.45, 7) is 6.87. The third-order valence-electron chi connectivity index (χ3n) is 15.6. The molecule has 0 spiro atoms. The Bertz CT molecular complexity index is 1450. The maximum absolute atomic E-state index is 13.6. The van der Waals surface area contributed by atoms with Gasteiger partial charge in [-0.1, -0.05) is 302 Å². The standard InChI is InChI=1S/C69H133N2O7P/c1-7-10-13-16-19-22-25-27-29-31-32-33-34-35-36-37-38-40-42-44-47-50-53-56-59-62-69(73)78-67(60-57-54-51-48-45-24-21-18-15-12-9-3)66(65-77-79(74,75)76-64-63-71(4,5)6)70-68(72)61-58-55-52-49-46-43-41-39-30-28-26-23-20-17-14-11-8-2/h19,22,27,29,57,60,66-67H,7-18,20-21,23-26,28,30-56,58-59,61-65H2,1-6H3,(H-,70,72,74,75)/b22-19-,29-27-,60-57+. The van der Waals surface area contributed by atoms with Crippen molar-refractivity contribution in [2.45, 2.75) is 354 Å². The van der Waals surface area contributed by atoms with Crippen LogP contribution < -0.4 is 10.2 Å². The molecular formula is C69H133N2O7P. The Labute approximate surface area is 491 Å². The van der Waals surface area contributed by atoms with Crippen molar-refractivity contribution in [3.8, 4) is 0 Å². The minimum absolute atomic E-state index is 0.0190. The molecule has 0 saturated heterocycles. The number of nitrogens with one attached hydrogen (secondary N) is 1. The van der Waals surface area contributed by atoms with Crippen LogP contribution in [0.5, 0.6) is 0 Å². The number of phosphoric acid groups is 1. The molecule has 0 radical (unpaired) electrons. The van der Waals surface area contributed by atoms with E-state index in [0.717, 1.165) is 64.2 Å². The van der Waals surface area contributed by atoms with Gasteiger partial charge in [-0.05, 0) is 63.9 Å². The number of phosphoric ester groups is 1. The molecule has 0 saturated carbocycles. The number of hydrogen-bond acceptors (Lipinski definition) is 7. The number of amides is 1. The fourth-order valence-electron chi connectivity index (χ4n) is 10.3. The van der Waals surface area contributed by atoms with Gasteiger partial charge in [0, 0.05) is 12.8 Å². The number of carbonyl (C=O) groups excluding carboxylic acids is 2. The van der Waals surface area contributed by atoms with Crippen molar-refractivity contribution in [3.63, 3.8) is 0 Å². The summed E-state index contributed by atoms with van der Waals surface area (Å²) < 4.78 is 30.4. The van der Waals surface area contributed by atoms with Crippen molar-refractivity contribution in [2.75, 3.05) is 40.9 Å². The molecule has 0 bridgehead atoms. The van der Waals surface area contributed by atoms with Crippen molar-refractivity contribution in [1.82, 2.24) is 5.32 Å². The largest absolute Gasteiger partial charge is 0.756 e. The zero-order valence-corrected chi connectivity index (χ0v) is 54.2. The minimum atomic E-state index is -4.70. The van der Waals surface area contributed by atoms with E-state index in [4.69, 9.17) is 13.8 Å². The van der Waals surface area contributed by atoms with Crippen molar-refractivity contribution in [3.05, 3.63) is 36.5 Å². The number of nitrogens with zero attached hydrogens (tertiary/aromatic N) is 1. The third kappa shape index (κ3) is 60.6. The average Bonchev–Trinajstić information content (AvgIpc) is 3.41. The van der Waals surface area contributed by atoms with Crippen LogP contribution in [0.15, 0.2) is 36.5 Å². The van der Waals surface area contributed by atoms with Gasteiger partial charge in [-0.25, -0.2) is 0 Å². The number of allylic oxidation sites excluding steroid dienone is 5. The molecule has 10 heteroatoms. The van der Waals surface area contributed by atoms with Gasteiger partial charge in [0.25, 0.3) is 7.82 Å². The van der Waals surface area contributed by atoms with Crippen LogP contribution >= 0.6 is 7.82 Å². The fraction of sp³-hybridized carbons (Fsp3) is 0.884. The molecule has 0 heterocycles. The predicted octanol–water partition coefficient (Wildman–Crippen LogP) is 20.8. The molecule has 1 amide bonds. The highest BCUT2D eigenvalue weighted by Gasteiger charge is 2.27. The number of rotatable bonds is 63. The predicted molar refractivity (Wildman–Crippen MR) is 340 cm³/mol. The lowest BCUT2D eigenvalue weighted by Gasteiger charge is -2.30. The zero-order chi connectivity index (χ0) is 57.9. The Balaban J connectivity index is 5.01. The molecule has 0 aliphatic heterocycles. The first-order chi connectivity index (χ1) is 38.4. The summed E-state index contributed by atoms with van der Waals surface area (Å²) in [5.41, 5.74) is 0. The highest BCUT2D eigenvalue weighted by Crippen LogP contribution is 2.38. The number of unbranched alkanes of at least 4 members (excludes halogenated alkanes) is 43. The van der Waals surface area contributed by atoms with E-state index in [1.54, 1.807) is 0 Å². The number of esters is 1. The monoisotopic (exact) mass is 1130 g/mol. The summed E-state index contributed by atoms with van der Waals surface area (Å²) in [6, 6.07) is -0.883. The van der Waals surface area contributed by atoms with Crippen LogP contribution in [0.4, 0.5) is 0 Å². The van der Waals surface area contributed by atoms with E-state index >= 15 is 0 Å². The van der Waals surface area contributed by atoms with Crippen LogP contribution in [0, 0.1) is 0 Å². The summed E-state index contributed by atoms with van der Waals surface area (Å²) in [5, 5.41) is 3.04. The Hall–Kier alpha value is -1.77. The molecule has 0 aromatic heterocycles. The van der Waals surface area contributed by atoms with Gasteiger partial charge in [-0.2, -0.15) is 0 Å². The number of hydrogen-bond donors (Lipinski definition) is 1. The second kappa shape index (κ2) is 59.4. The molecule has 9 nitrogen and oxygen atoms in total. The van der Waals surface area contributed by atoms with Gasteiger partial charge in [0.05, 0.1) is 33.8 Å². The van der Waals surface area contributed by atoms with E-state index in [9.17, 15) is 19.0 Å². The topological polar surface area (TPSA) is 114 Å². The van der Waals surface area contributed by atoms with Crippen LogP contribution in [-0.4, -0.2) is 69.4 Å². The Morgan fingerprint density at radius 2 is 0.772 bits per heavy atom. The number of quaternary nitrogens is 1.